The molecule has 1 fully saturated rings. The van der Waals surface area contributed by atoms with Crippen molar-refractivity contribution in [3.05, 3.63) is 15.6 Å². The summed E-state index contributed by atoms with van der Waals surface area (Å²) >= 11 is 1.75. The highest BCUT2D eigenvalue weighted by atomic mass is 32.1. The van der Waals surface area contributed by atoms with Gasteiger partial charge in [-0.05, 0) is 18.8 Å². The van der Waals surface area contributed by atoms with Gasteiger partial charge < -0.3 is 10.5 Å². The van der Waals surface area contributed by atoms with Gasteiger partial charge in [-0.3, -0.25) is 0 Å². The second kappa shape index (κ2) is 5.04. The molecule has 2 N–H and O–H groups in total. The van der Waals surface area contributed by atoms with E-state index in [4.69, 9.17) is 15.5 Å². The Balaban J connectivity index is 2.38. The number of aromatic nitrogens is 1. The zero-order chi connectivity index (χ0) is 12.5. The monoisotopic (exact) mass is 254 g/mol. The van der Waals surface area contributed by atoms with E-state index in [2.05, 4.69) is 13.8 Å². The number of nitrogens with zero attached hydrogens (tertiary/aromatic N) is 1. The molecule has 1 aliphatic rings. The third-order valence-corrected chi connectivity index (χ3v) is 4.93. The number of nitrogens with two attached hydrogens (primary N) is 1. The molecule has 0 spiro atoms. The van der Waals surface area contributed by atoms with Gasteiger partial charge in [0.1, 0.15) is 10.6 Å². The van der Waals surface area contributed by atoms with Gasteiger partial charge >= 0.3 is 0 Å². The van der Waals surface area contributed by atoms with Gasteiger partial charge in [0, 0.05) is 18.5 Å². The summed E-state index contributed by atoms with van der Waals surface area (Å²) in [5.41, 5.74) is 6.85. The third kappa shape index (κ3) is 2.26. The van der Waals surface area contributed by atoms with E-state index < -0.39 is 0 Å². The van der Waals surface area contributed by atoms with E-state index in [0.29, 0.717) is 12.5 Å². The van der Waals surface area contributed by atoms with E-state index in [9.17, 15) is 0 Å². The summed E-state index contributed by atoms with van der Waals surface area (Å²) in [6.07, 6.45) is 4.67. The summed E-state index contributed by atoms with van der Waals surface area (Å²) in [6, 6.07) is 0. The first-order valence-electron chi connectivity index (χ1n) is 6.38. The molecule has 0 unspecified atom stereocenters. The molecule has 96 valence electrons. The number of ether oxygens (including phenoxy) is 1. The second-order valence-electron chi connectivity index (χ2n) is 5.09. The second-order valence-corrected chi connectivity index (χ2v) is 6.18. The number of methoxy groups -OCH3 is 1. The lowest BCUT2D eigenvalue weighted by Crippen LogP contribution is -2.24. The van der Waals surface area contributed by atoms with Crippen molar-refractivity contribution in [2.45, 2.75) is 57.6 Å². The predicted octanol–water partition coefficient (Wildman–Crippen LogP) is 3.14. The van der Waals surface area contributed by atoms with Crippen LogP contribution >= 0.6 is 11.3 Å². The summed E-state index contributed by atoms with van der Waals surface area (Å²) in [5, 5.41) is 1.14. The zero-order valence-electron chi connectivity index (χ0n) is 11.0. The van der Waals surface area contributed by atoms with Crippen LogP contribution < -0.4 is 5.73 Å². The number of thiazole rings is 1. The van der Waals surface area contributed by atoms with Crippen molar-refractivity contribution in [2.24, 2.45) is 5.73 Å². The molecule has 0 bridgehead atoms. The predicted molar refractivity (Wildman–Crippen MR) is 71.2 cm³/mol. The van der Waals surface area contributed by atoms with Crippen LogP contribution in [0.4, 0.5) is 0 Å². The molecule has 1 heterocycles. The highest BCUT2D eigenvalue weighted by molar-refractivity contribution is 7.11. The van der Waals surface area contributed by atoms with E-state index in [1.54, 1.807) is 11.3 Å². The van der Waals surface area contributed by atoms with Crippen LogP contribution in [0.3, 0.4) is 0 Å². The molecule has 2 rings (SSSR count). The first-order chi connectivity index (χ1) is 8.13. The third-order valence-electron chi connectivity index (χ3n) is 3.65. The van der Waals surface area contributed by atoms with Crippen molar-refractivity contribution in [3.63, 3.8) is 0 Å². The van der Waals surface area contributed by atoms with E-state index in [-0.39, 0.29) is 5.60 Å². The van der Waals surface area contributed by atoms with Crippen molar-refractivity contribution < 1.29 is 4.74 Å². The fraction of sp³-hybridized carbons (Fsp3) is 0.769. The lowest BCUT2D eigenvalue weighted by molar-refractivity contribution is -0.00898. The minimum absolute atomic E-state index is 0.123. The molecule has 1 aromatic heterocycles. The Labute approximate surface area is 107 Å². The zero-order valence-corrected chi connectivity index (χ0v) is 11.8. The van der Waals surface area contributed by atoms with Crippen LogP contribution in [0, 0.1) is 0 Å². The van der Waals surface area contributed by atoms with E-state index >= 15 is 0 Å². The normalized spacial score (nSPS) is 19.1. The summed E-state index contributed by atoms with van der Waals surface area (Å²) < 4.78 is 5.78. The van der Waals surface area contributed by atoms with E-state index in [0.717, 1.165) is 23.5 Å². The minimum Gasteiger partial charge on any atom is -0.371 e. The molecule has 0 amide bonds. The maximum Gasteiger partial charge on any atom is 0.125 e. The van der Waals surface area contributed by atoms with Gasteiger partial charge in [0.25, 0.3) is 0 Å². The summed E-state index contributed by atoms with van der Waals surface area (Å²) in [4.78, 5) is 6.04. The molecule has 0 aliphatic heterocycles. The first kappa shape index (κ1) is 13.0. The largest absolute Gasteiger partial charge is 0.371 e. The maximum atomic E-state index is 5.81. The molecule has 0 saturated heterocycles. The number of hydrogen-bond donors (Lipinski definition) is 1. The Hall–Kier alpha value is -0.450. The standard InChI is InChI=1S/C13H22N2OS/c1-9(2)11-10(8-14)17-12(15-11)13(16-3)6-4-5-7-13/h9H,4-8,14H2,1-3H3. The molecule has 0 radical (unpaired) electrons. The lowest BCUT2D eigenvalue weighted by atomic mass is 10.0. The number of hydrogen-bond acceptors (Lipinski definition) is 4. The maximum absolute atomic E-state index is 5.81. The fourth-order valence-electron chi connectivity index (χ4n) is 2.61. The molecule has 4 heteroatoms. The molecular formula is C13H22N2OS. The van der Waals surface area contributed by atoms with Crippen molar-refractivity contribution in [3.8, 4) is 0 Å². The SMILES string of the molecule is COC1(c2nc(C(C)C)c(CN)s2)CCCC1. The summed E-state index contributed by atoms with van der Waals surface area (Å²) in [5.74, 6) is 0.439. The minimum atomic E-state index is -0.123. The Bertz CT molecular complexity index is 381. The van der Waals surface area contributed by atoms with E-state index in [1.165, 1.54) is 17.7 Å². The molecule has 0 atom stereocenters. The Kier molecular flexibility index (Phi) is 3.85. The van der Waals surface area contributed by atoms with Gasteiger partial charge in [0.2, 0.25) is 0 Å². The van der Waals surface area contributed by atoms with Crippen LogP contribution in [-0.2, 0) is 16.9 Å². The average Bonchev–Trinajstić information content (AvgIpc) is 2.96. The van der Waals surface area contributed by atoms with Crippen molar-refractivity contribution in [2.75, 3.05) is 7.11 Å². The molecule has 1 aliphatic carbocycles. The van der Waals surface area contributed by atoms with E-state index in [1.807, 2.05) is 7.11 Å². The van der Waals surface area contributed by atoms with Crippen molar-refractivity contribution in [1.82, 2.24) is 4.98 Å². The van der Waals surface area contributed by atoms with Gasteiger partial charge in [-0.1, -0.05) is 26.7 Å². The van der Waals surface area contributed by atoms with Crippen molar-refractivity contribution in [1.29, 1.82) is 0 Å². The van der Waals surface area contributed by atoms with Crippen LogP contribution in [0.15, 0.2) is 0 Å². The molecule has 1 aromatic rings. The van der Waals surface area contributed by atoms with Crippen LogP contribution in [0.5, 0.6) is 0 Å². The van der Waals surface area contributed by atoms with Gasteiger partial charge in [-0.15, -0.1) is 11.3 Å². The first-order valence-corrected chi connectivity index (χ1v) is 7.20. The molecule has 1 saturated carbocycles. The Morgan fingerprint density at radius 2 is 2.06 bits per heavy atom. The molecule has 0 aromatic carbocycles. The quantitative estimate of drug-likeness (QED) is 0.898. The number of rotatable bonds is 4. The summed E-state index contributed by atoms with van der Waals surface area (Å²) in [7, 11) is 1.81. The van der Waals surface area contributed by atoms with Gasteiger partial charge in [-0.2, -0.15) is 0 Å². The van der Waals surface area contributed by atoms with Crippen LogP contribution in [-0.4, -0.2) is 12.1 Å². The van der Waals surface area contributed by atoms with Gasteiger partial charge in [-0.25, -0.2) is 4.98 Å². The van der Waals surface area contributed by atoms with Gasteiger partial charge in [0.15, 0.2) is 0 Å². The smallest absolute Gasteiger partial charge is 0.125 e. The highest BCUT2D eigenvalue weighted by Gasteiger charge is 2.39. The molecule has 17 heavy (non-hydrogen) atoms. The van der Waals surface area contributed by atoms with Crippen LogP contribution in [0.1, 0.15) is 61.0 Å². The van der Waals surface area contributed by atoms with Gasteiger partial charge in [0.05, 0.1) is 5.69 Å². The molecule has 3 nitrogen and oxygen atoms in total. The Morgan fingerprint density at radius 3 is 2.47 bits per heavy atom. The van der Waals surface area contributed by atoms with Crippen LogP contribution in [0.25, 0.3) is 0 Å². The van der Waals surface area contributed by atoms with Crippen molar-refractivity contribution >= 4 is 11.3 Å². The molecular weight excluding hydrogens is 232 g/mol. The van der Waals surface area contributed by atoms with Crippen LogP contribution in [0.2, 0.25) is 0 Å². The lowest BCUT2D eigenvalue weighted by Gasteiger charge is -2.24. The Morgan fingerprint density at radius 1 is 1.41 bits per heavy atom. The topological polar surface area (TPSA) is 48.1 Å². The average molecular weight is 254 g/mol. The summed E-state index contributed by atoms with van der Waals surface area (Å²) in [6.45, 7) is 4.93. The fourth-order valence-corrected chi connectivity index (χ4v) is 3.93. The highest BCUT2D eigenvalue weighted by Crippen LogP contribution is 2.44.